The second-order valence-corrected chi connectivity index (χ2v) is 0.848. The SMILES string of the molecule is O.O.O.O.O.O.O=[Si](O)O. The summed E-state index contributed by atoms with van der Waals surface area (Å²) in [5.41, 5.74) is 0. The maximum absolute atomic E-state index is 8.74. The van der Waals surface area contributed by atoms with Gasteiger partial charge < -0.3 is 42.4 Å². The molecule has 10 heteroatoms. The Morgan fingerprint density at radius 2 is 0.700 bits per heavy atom. The molecule has 10 heavy (non-hydrogen) atoms. The molecule has 0 spiro atoms. The predicted molar refractivity (Wildman–Crippen MR) is 32.6 cm³/mol. The summed E-state index contributed by atoms with van der Waals surface area (Å²) in [7, 11) is -3.13. The van der Waals surface area contributed by atoms with Crippen molar-refractivity contribution in [2.75, 3.05) is 0 Å². The first-order valence-electron chi connectivity index (χ1n) is 0.651. The molecule has 0 rings (SSSR count). The third-order valence-corrected chi connectivity index (χ3v) is 0. The maximum Gasteiger partial charge on any atom is 0.761 e. The Morgan fingerprint density at radius 3 is 0.700 bits per heavy atom. The van der Waals surface area contributed by atoms with Gasteiger partial charge in [0, 0.05) is 0 Å². The number of rotatable bonds is 0. The van der Waals surface area contributed by atoms with Crippen LogP contribution in [-0.2, 0) is 4.46 Å². The zero-order chi connectivity index (χ0) is 3.58. The highest BCUT2D eigenvalue weighted by Crippen LogP contribution is 1.27. The molecule has 9 nitrogen and oxygen atoms in total. The second-order valence-electron chi connectivity index (χ2n) is 0.283. The van der Waals surface area contributed by atoms with E-state index in [2.05, 4.69) is 0 Å². The minimum absolute atomic E-state index is 0. The van der Waals surface area contributed by atoms with Crippen LogP contribution in [-0.4, -0.2) is 51.6 Å². The van der Waals surface area contributed by atoms with E-state index in [1.807, 2.05) is 0 Å². The normalized spacial score (nSPS) is 2.40. The average Bonchev–Trinajstić information content (AvgIpc) is 0.811. The van der Waals surface area contributed by atoms with Gasteiger partial charge in [0.15, 0.2) is 0 Å². The standard InChI is InChI=1S/H2O3Si.6H2O/c1-4(2)3;;;;;;/h1-2H;6*1H2. The molecule has 0 bridgehead atoms. The molecule has 0 atom stereocenters. The van der Waals surface area contributed by atoms with Crippen molar-refractivity contribution in [1.29, 1.82) is 0 Å². The van der Waals surface area contributed by atoms with Crippen molar-refractivity contribution < 1.29 is 46.9 Å². The molecule has 0 aliphatic carbocycles. The molecule has 0 aromatic carbocycles. The molecule has 0 fully saturated rings. The Morgan fingerprint density at radius 1 is 0.700 bits per heavy atom. The summed E-state index contributed by atoms with van der Waals surface area (Å²) >= 11 is 0. The molecule has 0 radical (unpaired) electrons. The van der Waals surface area contributed by atoms with Gasteiger partial charge in [-0.2, -0.15) is 0 Å². The minimum atomic E-state index is -3.13. The Kier molecular flexibility index (Phi) is 940. The smallest absolute Gasteiger partial charge is 0.511 e. The first-order valence-corrected chi connectivity index (χ1v) is 1.95. The lowest BCUT2D eigenvalue weighted by Crippen LogP contribution is -1.90. The van der Waals surface area contributed by atoms with E-state index in [-0.39, 0.29) is 32.9 Å². The van der Waals surface area contributed by atoms with Crippen molar-refractivity contribution >= 4 is 9.17 Å². The van der Waals surface area contributed by atoms with Crippen molar-refractivity contribution in [2.45, 2.75) is 0 Å². The molecular formula is H14O9Si. The zero-order valence-corrected chi connectivity index (χ0v) is 5.80. The molecule has 0 amide bonds. The van der Waals surface area contributed by atoms with Crippen LogP contribution >= 0.6 is 0 Å². The Bertz CT molecular complexity index is 27.7. The van der Waals surface area contributed by atoms with E-state index >= 15 is 0 Å². The Hall–Kier alpha value is -0.623. The molecule has 0 heterocycles. The summed E-state index contributed by atoms with van der Waals surface area (Å²) < 4.78 is 8.74. The Balaban J connectivity index is -0.00000000300. The molecule has 14 N–H and O–H groups in total. The molecule has 0 aromatic rings. The van der Waals surface area contributed by atoms with Gasteiger partial charge in [0.05, 0.1) is 0 Å². The van der Waals surface area contributed by atoms with E-state index in [4.69, 9.17) is 14.1 Å². The van der Waals surface area contributed by atoms with Gasteiger partial charge in [-0.05, 0) is 0 Å². The van der Waals surface area contributed by atoms with Gasteiger partial charge >= 0.3 is 9.17 Å². The van der Waals surface area contributed by atoms with Gasteiger partial charge in [-0.1, -0.05) is 0 Å². The van der Waals surface area contributed by atoms with E-state index < -0.39 is 9.17 Å². The summed E-state index contributed by atoms with van der Waals surface area (Å²) in [4.78, 5) is 14.3. The summed E-state index contributed by atoms with van der Waals surface area (Å²) in [6.07, 6.45) is 0. The molecule has 0 aliphatic rings. The zero-order valence-electron chi connectivity index (χ0n) is 4.80. The molecule has 72 valence electrons. The lowest BCUT2D eigenvalue weighted by molar-refractivity contribution is 0.330. The van der Waals surface area contributed by atoms with E-state index in [0.717, 1.165) is 0 Å². The molecule has 0 aliphatic heterocycles. The molecule has 0 saturated heterocycles. The van der Waals surface area contributed by atoms with Gasteiger partial charge in [-0.25, -0.2) is 0 Å². The second kappa shape index (κ2) is 80.7. The van der Waals surface area contributed by atoms with Crippen molar-refractivity contribution in [2.24, 2.45) is 0 Å². The van der Waals surface area contributed by atoms with Crippen LogP contribution in [0.2, 0.25) is 0 Å². The first-order chi connectivity index (χ1) is 1.73. The largest absolute Gasteiger partial charge is 0.761 e. The van der Waals surface area contributed by atoms with Crippen LogP contribution < -0.4 is 0 Å². The van der Waals surface area contributed by atoms with Crippen molar-refractivity contribution in [3.05, 3.63) is 0 Å². The van der Waals surface area contributed by atoms with Gasteiger partial charge in [0.1, 0.15) is 0 Å². The molecule has 0 aromatic heterocycles. The van der Waals surface area contributed by atoms with Crippen LogP contribution in [0.1, 0.15) is 0 Å². The van der Waals surface area contributed by atoms with Crippen LogP contribution in [0.5, 0.6) is 0 Å². The fourth-order valence-electron chi connectivity index (χ4n) is 0. The lowest BCUT2D eigenvalue weighted by atomic mass is 15.8. The monoisotopic (exact) mass is 186 g/mol. The van der Waals surface area contributed by atoms with E-state index in [9.17, 15) is 0 Å². The fourth-order valence-corrected chi connectivity index (χ4v) is 0. The summed E-state index contributed by atoms with van der Waals surface area (Å²) in [6, 6.07) is 0. The topological polar surface area (TPSA) is 247 Å². The highest BCUT2D eigenvalue weighted by Gasteiger charge is 1.85. The highest BCUT2D eigenvalue weighted by atomic mass is 28.3. The van der Waals surface area contributed by atoms with E-state index in [1.165, 1.54) is 0 Å². The van der Waals surface area contributed by atoms with Gasteiger partial charge in [-0.15, -0.1) is 0 Å². The third kappa shape index (κ3) is 773. The average molecular weight is 186 g/mol. The lowest BCUT2D eigenvalue weighted by Gasteiger charge is -1.55. The maximum atomic E-state index is 8.74. The molecule has 0 unspecified atom stereocenters. The van der Waals surface area contributed by atoms with Crippen LogP contribution in [0.4, 0.5) is 0 Å². The van der Waals surface area contributed by atoms with Crippen LogP contribution in [0, 0.1) is 0 Å². The highest BCUT2D eigenvalue weighted by molar-refractivity contribution is 6.22. The summed E-state index contributed by atoms with van der Waals surface area (Å²) in [5.74, 6) is 0. The van der Waals surface area contributed by atoms with Gasteiger partial charge in [0.25, 0.3) is 0 Å². The number of hydrogen-bond acceptors (Lipinski definition) is 1. The molecule has 0 saturated carbocycles. The third-order valence-electron chi connectivity index (χ3n) is 0. The number of hydrogen-bond donors (Lipinski definition) is 2. The van der Waals surface area contributed by atoms with Crippen molar-refractivity contribution in [3.63, 3.8) is 0 Å². The van der Waals surface area contributed by atoms with Crippen molar-refractivity contribution in [1.82, 2.24) is 0 Å². The van der Waals surface area contributed by atoms with Crippen LogP contribution in [0.25, 0.3) is 0 Å². The predicted octanol–water partition coefficient (Wildman–Crippen LogP) is -6.56. The van der Waals surface area contributed by atoms with Crippen molar-refractivity contribution in [3.8, 4) is 0 Å². The fraction of sp³-hybridized carbons (Fsp3) is 0. The quantitative estimate of drug-likeness (QED) is 0.350. The van der Waals surface area contributed by atoms with Crippen LogP contribution in [0.15, 0.2) is 0 Å². The van der Waals surface area contributed by atoms with Gasteiger partial charge in [0.2, 0.25) is 0 Å². The van der Waals surface area contributed by atoms with E-state index in [0.29, 0.717) is 0 Å². The first kappa shape index (κ1) is 116. The van der Waals surface area contributed by atoms with Gasteiger partial charge in [-0.3, -0.25) is 4.46 Å². The van der Waals surface area contributed by atoms with Crippen LogP contribution in [0.3, 0.4) is 0 Å². The molecular weight excluding hydrogens is 172 g/mol. The Labute approximate surface area is 57.3 Å². The summed E-state index contributed by atoms with van der Waals surface area (Å²) in [6.45, 7) is 0. The minimum Gasteiger partial charge on any atom is -0.511 e. The summed E-state index contributed by atoms with van der Waals surface area (Å²) in [5, 5.41) is 0. The van der Waals surface area contributed by atoms with E-state index in [1.54, 1.807) is 0 Å².